The Morgan fingerprint density at radius 3 is 3.08 bits per heavy atom. The summed E-state index contributed by atoms with van der Waals surface area (Å²) in [5.41, 5.74) is 2.08. The van der Waals surface area contributed by atoms with Crippen LogP contribution in [0, 0.1) is 13.8 Å². The average molecular weight is 198 g/mol. The van der Waals surface area contributed by atoms with Gasteiger partial charge in [0.1, 0.15) is 5.76 Å². The van der Waals surface area contributed by atoms with E-state index < -0.39 is 0 Å². The van der Waals surface area contributed by atoms with Crippen molar-refractivity contribution in [1.82, 2.24) is 0 Å². The van der Waals surface area contributed by atoms with E-state index in [0.717, 1.165) is 22.8 Å². The molecule has 2 atom stereocenters. The molecule has 2 heterocycles. The molecule has 0 aromatic carbocycles. The summed E-state index contributed by atoms with van der Waals surface area (Å²) in [6, 6.07) is 0. The van der Waals surface area contributed by atoms with E-state index >= 15 is 0 Å². The minimum Gasteiger partial charge on any atom is -0.459 e. The Balaban J connectivity index is 2.50. The third-order valence-corrected chi connectivity index (χ3v) is 2.44. The molecule has 2 unspecified atom stereocenters. The zero-order valence-electron chi connectivity index (χ0n) is 7.50. The van der Waals surface area contributed by atoms with Crippen LogP contribution in [0.2, 0.25) is 0 Å². The maximum Gasteiger partial charge on any atom is 0.212 e. The summed E-state index contributed by atoms with van der Waals surface area (Å²) in [4.78, 5) is 4.07. The fourth-order valence-corrected chi connectivity index (χ4v) is 1.53. The van der Waals surface area contributed by atoms with Gasteiger partial charge in [-0.3, -0.25) is 0 Å². The average Bonchev–Trinajstić information content (AvgIpc) is 2.43. The number of hydrogen-bond acceptors (Lipinski definition) is 4. The fourth-order valence-electron chi connectivity index (χ4n) is 1.34. The van der Waals surface area contributed by atoms with Crippen molar-refractivity contribution in [1.29, 1.82) is 0 Å². The Morgan fingerprint density at radius 1 is 1.62 bits per heavy atom. The van der Waals surface area contributed by atoms with Crippen molar-refractivity contribution in [3.05, 3.63) is 17.1 Å². The first kappa shape index (κ1) is 8.73. The molecule has 1 N–H and O–H groups in total. The van der Waals surface area contributed by atoms with Gasteiger partial charge in [-0.1, -0.05) is 0 Å². The van der Waals surface area contributed by atoms with Crippen molar-refractivity contribution in [2.24, 2.45) is 4.99 Å². The monoisotopic (exact) mass is 198 g/mol. The molecule has 0 fully saturated rings. The Morgan fingerprint density at radius 2 is 2.38 bits per heavy atom. The van der Waals surface area contributed by atoms with Crippen LogP contribution < -0.4 is 5.32 Å². The number of fused-ring (bicyclic) bond motifs is 1. The molecule has 0 aliphatic carbocycles. The van der Waals surface area contributed by atoms with Crippen molar-refractivity contribution in [2.75, 3.05) is 5.32 Å². The number of aryl methyl sites for hydroxylation is 1. The molecular weight excluding hydrogens is 187 g/mol. The molecule has 0 spiro atoms. The molecule has 1 aromatic rings. The lowest BCUT2D eigenvalue weighted by atomic mass is 10.2. The van der Waals surface area contributed by atoms with Crippen molar-refractivity contribution >= 4 is 21.5 Å². The number of nitrogens with one attached hydrogen (secondary N) is 1. The number of furan rings is 1. The molecule has 0 radical (unpaired) electrons. The van der Waals surface area contributed by atoms with Gasteiger partial charge in [-0.15, -0.1) is 0 Å². The van der Waals surface area contributed by atoms with Gasteiger partial charge < -0.3 is 14.3 Å². The smallest absolute Gasteiger partial charge is 0.212 e. The van der Waals surface area contributed by atoms with Crippen molar-refractivity contribution < 1.29 is 8.94 Å². The summed E-state index contributed by atoms with van der Waals surface area (Å²) in [6.45, 7) is 3.93. The summed E-state index contributed by atoms with van der Waals surface area (Å²) in [5, 5.41) is 3.04. The summed E-state index contributed by atoms with van der Waals surface area (Å²) in [6.07, 6.45) is 1.28. The zero-order chi connectivity index (χ0) is 9.42. The summed E-state index contributed by atoms with van der Waals surface area (Å²) < 4.78 is 10.6. The zero-order valence-corrected chi connectivity index (χ0v) is 8.65. The maximum atomic E-state index is 5.53. The van der Waals surface area contributed by atoms with Gasteiger partial charge in [0.05, 0.1) is 12.0 Å². The Hall–Kier alpha value is -0.860. The van der Waals surface area contributed by atoms with Crippen LogP contribution in [0.15, 0.2) is 9.41 Å². The highest BCUT2D eigenvalue weighted by atomic mass is 31.0. The molecular formula is C8H11N2O2P. The summed E-state index contributed by atoms with van der Waals surface area (Å²) in [7, 11) is 2.19. The van der Waals surface area contributed by atoms with E-state index in [4.69, 9.17) is 8.94 Å². The topological polar surface area (TPSA) is 46.8 Å². The van der Waals surface area contributed by atoms with Crippen LogP contribution in [0.3, 0.4) is 0 Å². The summed E-state index contributed by atoms with van der Waals surface area (Å²) in [5.74, 6) is 1.64. The van der Waals surface area contributed by atoms with E-state index in [1.807, 2.05) is 13.8 Å². The molecule has 0 saturated heterocycles. The van der Waals surface area contributed by atoms with Gasteiger partial charge in [0.15, 0.2) is 5.76 Å². The molecule has 0 amide bonds. The van der Waals surface area contributed by atoms with E-state index in [2.05, 4.69) is 19.8 Å². The molecule has 4 nitrogen and oxygen atoms in total. The van der Waals surface area contributed by atoms with Crippen LogP contribution in [0.25, 0.3) is 0 Å². The lowest BCUT2D eigenvalue weighted by Gasteiger charge is -2.14. The van der Waals surface area contributed by atoms with Gasteiger partial charge in [-0.2, -0.15) is 0 Å². The molecule has 1 aliphatic rings. The Labute approximate surface area is 78.7 Å². The number of rotatable bonds is 1. The highest BCUT2D eigenvalue weighted by Gasteiger charge is 2.24. The predicted octanol–water partition coefficient (Wildman–Crippen LogP) is 2.16. The number of anilines is 1. The molecule has 13 heavy (non-hydrogen) atoms. The van der Waals surface area contributed by atoms with Gasteiger partial charge >= 0.3 is 0 Å². The van der Waals surface area contributed by atoms with Crippen molar-refractivity contribution in [2.45, 2.75) is 20.1 Å². The fraction of sp³-hybridized carbons (Fsp3) is 0.375. The molecule has 1 aromatic heterocycles. The molecule has 0 bridgehead atoms. The largest absolute Gasteiger partial charge is 0.459 e. The molecule has 70 valence electrons. The van der Waals surface area contributed by atoms with E-state index in [9.17, 15) is 0 Å². The Kier molecular flexibility index (Phi) is 2.10. The first-order chi connectivity index (χ1) is 6.24. The SMILES string of the molecule is Cc1oc2c(c1C)NC=NC2OP. The standard InChI is InChI=1S/C8H11N2O2P/c1-4-5(2)11-7-6(4)9-3-10-8(7)12-13/h3,8H,13H2,1-2H3,(H,9,10). The normalized spacial score (nSPS) is 19.8. The van der Waals surface area contributed by atoms with E-state index in [0.29, 0.717) is 0 Å². The molecule has 5 heteroatoms. The van der Waals surface area contributed by atoms with Crippen LogP contribution in [0.5, 0.6) is 0 Å². The van der Waals surface area contributed by atoms with E-state index in [-0.39, 0.29) is 6.23 Å². The molecule has 0 saturated carbocycles. The molecule has 2 rings (SSSR count). The summed E-state index contributed by atoms with van der Waals surface area (Å²) >= 11 is 0. The van der Waals surface area contributed by atoms with Crippen LogP contribution in [-0.2, 0) is 4.52 Å². The first-order valence-corrected chi connectivity index (χ1v) is 4.44. The number of nitrogens with zero attached hydrogens (tertiary/aromatic N) is 1. The third-order valence-electron chi connectivity index (χ3n) is 2.18. The van der Waals surface area contributed by atoms with E-state index in [1.54, 1.807) is 6.34 Å². The van der Waals surface area contributed by atoms with Crippen LogP contribution >= 0.6 is 9.47 Å². The van der Waals surface area contributed by atoms with Gasteiger partial charge in [0, 0.05) is 15.0 Å². The number of hydrogen-bond donors (Lipinski definition) is 1. The minimum atomic E-state index is -0.339. The maximum absolute atomic E-state index is 5.53. The van der Waals surface area contributed by atoms with Crippen LogP contribution in [0.4, 0.5) is 5.69 Å². The second-order valence-electron chi connectivity index (χ2n) is 2.93. The quantitative estimate of drug-likeness (QED) is 0.703. The van der Waals surface area contributed by atoms with Crippen LogP contribution in [-0.4, -0.2) is 6.34 Å². The minimum absolute atomic E-state index is 0.339. The highest BCUT2D eigenvalue weighted by Crippen LogP contribution is 2.36. The second kappa shape index (κ2) is 3.13. The molecule has 1 aliphatic heterocycles. The Bertz CT molecular complexity index is 359. The van der Waals surface area contributed by atoms with Crippen molar-refractivity contribution in [3.63, 3.8) is 0 Å². The van der Waals surface area contributed by atoms with Gasteiger partial charge in [-0.05, 0) is 13.8 Å². The third kappa shape index (κ3) is 1.26. The van der Waals surface area contributed by atoms with E-state index in [1.165, 1.54) is 0 Å². The lowest BCUT2D eigenvalue weighted by Crippen LogP contribution is -2.08. The van der Waals surface area contributed by atoms with Gasteiger partial charge in [0.25, 0.3) is 0 Å². The number of aliphatic imine (C=N–C) groups is 1. The van der Waals surface area contributed by atoms with Gasteiger partial charge in [0.2, 0.25) is 6.23 Å². The second-order valence-corrected chi connectivity index (χ2v) is 3.21. The van der Waals surface area contributed by atoms with Crippen LogP contribution in [0.1, 0.15) is 23.3 Å². The highest BCUT2D eigenvalue weighted by molar-refractivity contribution is 7.09. The predicted molar refractivity (Wildman–Crippen MR) is 53.8 cm³/mol. The first-order valence-electron chi connectivity index (χ1n) is 3.97. The lowest BCUT2D eigenvalue weighted by molar-refractivity contribution is 0.218. The van der Waals surface area contributed by atoms with Crippen molar-refractivity contribution in [3.8, 4) is 0 Å². The van der Waals surface area contributed by atoms with Gasteiger partial charge in [-0.25, -0.2) is 4.99 Å².